The zero-order valence-electron chi connectivity index (χ0n) is 18.4. The summed E-state index contributed by atoms with van der Waals surface area (Å²) < 4.78 is 17.0. The molecule has 0 aromatic carbocycles. The summed E-state index contributed by atoms with van der Waals surface area (Å²) in [5, 5.41) is 0. The largest absolute Gasteiger partial charge is 0.486 e. The van der Waals surface area contributed by atoms with Gasteiger partial charge in [0.1, 0.15) is 18.5 Å². The van der Waals surface area contributed by atoms with Crippen LogP contribution in [0.25, 0.3) is 0 Å². The van der Waals surface area contributed by atoms with Gasteiger partial charge in [-0.15, -0.1) is 6.58 Å². The molecule has 28 heavy (non-hydrogen) atoms. The highest BCUT2D eigenvalue weighted by molar-refractivity contribution is 6.00. The lowest BCUT2D eigenvalue weighted by Gasteiger charge is -2.43. The number of ether oxygens (including phenoxy) is 3. The maximum Gasteiger partial charge on any atom is 0.312 e. The van der Waals surface area contributed by atoms with Gasteiger partial charge < -0.3 is 14.2 Å². The molecule has 6 nitrogen and oxygen atoms in total. The number of hydrogen-bond acceptors (Lipinski definition) is 6. The summed E-state index contributed by atoms with van der Waals surface area (Å²) in [7, 11) is 0. The molecule has 0 radical (unpaired) electrons. The summed E-state index contributed by atoms with van der Waals surface area (Å²) in [6.07, 6.45) is 2.21. The standard InChI is InChI=1S/C22H34O6/c1-10-11-22(28-19(25)21(7,8)9)16(23)12-15(27-17(22)14(2)3)13-26-18(24)20(4,5)6/h10,12,14,17H,1,11,13H2,2-9H3/t17-,22-/m0/s1. The van der Waals surface area contributed by atoms with Crippen LogP contribution in [0.2, 0.25) is 0 Å². The van der Waals surface area contributed by atoms with E-state index in [0.717, 1.165) is 0 Å². The lowest BCUT2D eigenvalue weighted by Crippen LogP contribution is -2.58. The van der Waals surface area contributed by atoms with Crippen LogP contribution in [0.3, 0.4) is 0 Å². The molecule has 0 bridgehead atoms. The fraction of sp³-hybridized carbons (Fsp3) is 0.682. The van der Waals surface area contributed by atoms with E-state index in [0.29, 0.717) is 0 Å². The minimum absolute atomic E-state index is 0.127. The van der Waals surface area contributed by atoms with Gasteiger partial charge >= 0.3 is 11.9 Å². The molecule has 0 aromatic heterocycles. The van der Waals surface area contributed by atoms with Crippen molar-refractivity contribution < 1.29 is 28.6 Å². The van der Waals surface area contributed by atoms with Crippen molar-refractivity contribution in [3.63, 3.8) is 0 Å². The zero-order valence-corrected chi connectivity index (χ0v) is 18.4. The van der Waals surface area contributed by atoms with E-state index in [4.69, 9.17) is 14.2 Å². The number of rotatable bonds is 6. The molecule has 2 atom stereocenters. The van der Waals surface area contributed by atoms with Crippen LogP contribution >= 0.6 is 0 Å². The number of esters is 2. The molecule has 0 aromatic rings. The first kappa shape index (κ1) is 23.9. The van der Waals surface area contributed by atoms with E-state index >= 15 is 0 Å². The van der Waals surface area contributed by atoms with E-state index in [2.05, 4.69) is 6.58 Å². The van der Waals surface area contributed by atoms with Gasteiger partial charge in [0, 0.05) is 12.5 Å². The van der Waals surface area contributed by atoms with E-state index in [1.54, 1.807) is 47.6 Å². The van der Waals surface area contributed by atoms with Crippen LogP contribution in [-0.2, 0) is 28.6 Å². The van der Waals surface area contributed by atoms with Crippen LogP contribution < -0.4 is 0 Å². The molecular weight excluding hydrogens is 360 g/mol. The quantitative estimate of drug-likeness (QED) is 0.501. The molecule has 1 rings (SSSR count). The highest BCUT2D eigenvalue weighted by atomic mass is 16.6. The van der Waals surface area contributed by atoms with Crippen molar-refractivity contribution in [1.82, 2.24) is 0 Å². The zero-order chi connectivity index (χ0) is 21.9. The van der Waals surface area contributed by atoms with Gasteiger partial charge in [-0.3, -0.25) is 14.4 Å². The Morgan fingerprint density at radius 3 is 2.14 bits per heavy atom. The van der Waals surface area contributed by atoms with Crippen molar-refractivity contribution in [3.05, 3.63) is 24.5 Å². The van der Waals surface area contributed by atoms with Crippen LogP contribution in [0.15, 0.2) is 24.5 Å². The SMILES string of the molecule is C=CC[C@]1(OC(=O)C(C)(C)C)C(=O)C=C(COC(=O)C(C)(C)C)O[C@H]1C(C)C. The molecule has 0 N–H and O–H groups in total. The maximum absolute atomic E-state index is 13.1. The average Bonchev–Trinajstić information content (AvgIpc) is 2.53. The van der Waals surface area contributed by atoms with Gasteiger partial charge in [-0.25, -0.2) is 0 Å². The monoisotopic (exact) mass is 394 g/mol. The molecule has 6 heteroatoms. The van der Waals surface area contributed by atoms with Crippen molar-refractivity contribution in [2.45, 2.75) is 73.5 Å². The average molecular weight is 395 g/mol. The van der Waals surface area contributed by atoms with Crippen molar-refractivity contribution in [2.24, 2.45) is 16.7 Å². The van der Waals surface area contributed by atoms with Gasteiger partial charge in [-0.2, -0.15) is 0 Å². The van der Waals surface area contributed by atoms with Gasteiger partial charge in [0.25, 0.3) is 0 Å². The molecule has 158 valence electrons. The third kappa shape index (κ3) is 5.46. The Morgan fingerprint density at radius 2 is 1.71 bits per heavy atom. The second-order valence-electron chi connectivity index (χ2n) is 9.61. The fourth-order valence-electron chi connectivity index (χ4n) is 2.70. The van der Waals surface area contributed by atoms with E-state index in [9.17, 15) is 14.4 Å². The van der Waals surface area contributed by atoms with Crippen LogP contribution in [0, 0.1) is 16.7 Å². The predicted molar refractivity (Wildman–Crippen MR) is 106 cm³/mol. The first-order valence-electron chi connectivity index (χ1n) is 9.58. The third-order valence-electron chi connectivity index (χ3n) is 4.35. The smallest absolute Gasteiger partial charge is 0.312 e. The summed E-state index contributed by atoms with van der Waals surface area (Å²) in [4.78, 5) is 37.7. The third-order valence-corrected chi connectivity index (χ3v) is 4.35. The minimum atomic E-state index is -1.49. The van der Waals surface area contributed by atoms with Crippen molar-refractivity contribution in [2.75, 3.05) is 6.61 Å². The van der Waals surface area contributed by atoms with Gasteiger partial charge in [0.2, 0.25) is 11.4 Å². The van der Waals surface area contributed by atoms with E-state index < -0.39 is 40.3 Å². The van der Waals surface area contributed by atoms with E-state index in [-0.39, 0.29) is 24.7 Å². The molecule has 1 aliphatic heterocycles. The Bertz CT molecular complexity index is 659. The molecule has 0 aliphatic carbocycles. The molecule has 0 amide bonds. The van der Waals surface area contributed by atoms with Crippen LogP contribution in [0.5, 0.6) is 0 Å². The van der Waals surface area contributed by atoms with E-state index in [1.165, 1.54) is 6.08 Å². The van der Waals surface area contributed by atoms with Crippen molar-refractivity contribution >= 4 is 17.7 Å². The van der Waals surface area contributed by atoms with Crippen LogP contribution in [0.1, 0.15) is 61.8 Å². The Hall–Kier alpha value is -2.11. The maximum atomic E-state index is 13.1. The molecule has 0 saturated heterocycles. The molecule has 0 spiro atoms. The normalized spacial score (nSPS) is 23.0. The number of carbonyl (C=O) groups excluding carboxylic acids is 3. The summed E-state index contributed by atoms with van der Waals surface area (Å²) in [5.74, 6) is -1.18. The Balaban J connectivity index is 3.22. The van der Waals surface area contributed by atoms with Gasteiger partial charge in [-0.05, 0) is 47.5 Å². The Kier molecular flexibility index (Phi) is 7.26. The second-order valence-corrected chi connectivity index (χ2v) is 9.61. The Labute approximate surface area is 168 Å². The van der Waals surface area contributed by atoms with Crippen LogP contribution in [-0.4, -0.2) is 36.0 Å². The molecule has 1 heterocycles. The highest BCUT2D eigenvalue weighted by Crippen LogP contribution is 2.37. The topological polar surface area (TPSA) is 78.9 Å². The predicted octanol–water partition coefficient (Wildman–Crippen LogP) is 3.99. The molecule has 0 unspecified atom stereocenters. The second kappa shape index (κ2) is 8.50. The summed E-state index contributed by atoms with van der Waals surface area (Å²) >= 11 is 0. The molecule has 0 saturated carbocycles. The first-order valence-corrected chi connectivity index (χ1v) is 9.58. The number of hydrogen-bond donors (Lipinski definition) is 0. The first-order chi connectivity index (χ1) is 12.6. The van der Waals surface area contributed by atoms with Crippen LogP contribution in [0.4, 0.5) is 0 Å². The molecular formula is C22H34O6. The fourth-order valence-corrected chi connectivity index (χ4v) is 2.70. The van der Waals surface area contributed by atoms with Gasteiger partial charge in [0.15, 0.2) is 0 Å². The Morgan fingerprint density at radius 1 is 1.18 bits per heavy atom. The number of ketones is 1. The minimum Gasteiger partial charge on any atom is -0.486 e. The lowest BCUT2D eigenvalue weighted by molar-refractivity contribution is -0.195. The summed E-state index contributed by atoms with van der Waals surface area (Å²) in [5.41, 5.74) is -2.93. The molecule has 1 aliphatic rings. The van der Waals surface area contributed by atoms with Gasteiger partial charge in [-0.1, -0.05) is 19.9 Å². The molecule has 0 fully saturated rings. The van der Waals surface area contributed by atoms with E-state index in [1.807, 2.05) is 13.8 Å². The van der Waals surface area contributed by atoms with Crippen molar-refractivity contribution in [3.8, 4) is 0 Å². The summed E-state index contributed by atoms with van der Waals surface area (Å²) in [6.45, 7) is 17.7. The summed E-state index contributed by atoms with van der Waals surface area (Å²) in [6, 6.07) is 0. The van der Waals surface area contributed by atoms with Gasteiger partial charge in [0.05, 0.1) is 10.8 Å². The number of carbonyl (C=O) groups is 3. The highest BCUT2D eigenvalue weighted by Gasteiger charge is 2.54. The van der Waals surface area contributed by atoms with Crippen molar-refractivity contribution in [1.29, 1.82) is 0 Å². The lowest BCUT2D eigenvalue weighted by atomic mass is 9.79.